The Balaban J connectivity index is 2.67. The fourth-order valence-electron chi connectivity index (χ4n) is 6.16. The molecule has 10 unspecified atom stereocenters. The summed E-state index contributed by atoms with van der Waals surface area (Å²) < 4.78 is 81.2. The first-order chi connectivity index (χ1) is 21.8. The average Bonchev–Trinajstić information content (AvgIpc) is 2.88. The Morgan fingerprint density at radius 3 is 0.755 bits per heavy atom. The Kier molecular flexibility index (Phi) is 15.5. The van der Waals surface area contributed by atoms with Crippen LogP contribution < -0.4 is 0 Å². The summed E-state index contributed by atoms with van der Waals surface area (Å²) in [6.45, 7) is 34.8. The van der Waals surface area contributed by atoms with Crippen molar-refractivity contribution in [1.82, 2.24) is 0 Å². The molecule has 2 rings (SSSR count). The van der Waals surface area contributed by atoms with Gasteiger partial charge in [-0.2, -0.15) is 0 Å². The second kappa shape index (κ2) is 16.1. The molecule has 0 saturated carbocycles. The van der Waals surface area contributed by atoms with E-state index < -0.39 is 95.1 Å². The van der Waals surface area contributed by atoms with Gasteiger partial charge in [-0.1, -0.05) is 41.5 Å². The monoisotopic (exact) mass is 888 g/mol. The molecule has 0 aromatic carbocycles. The summed E-state index contributed by atoms with van der Waals surface area (Å²) in [5.41, 5.74) is 0. The molecule has 2 aliphatic heterocycles. The van der Waals surface area contributed by atoms with Crippen LogP contribution in [0.5, 0.6) is 0 Å². The number of hydrogen-bond acceptors (Lipinski definition) is 14. The van der Waals surface area contributed by atoms with E-state index in [1.807, 2.05) is 107 Å². The van der Waals surface area contributed by atoms with Gasteiger partial charge < -0.3 is 59.0 Å². The second-order valence-electron chi connectivity index (χ2n) is 15.1. The molecular weight excluding hydrogens is 821 g/mol. The molecule has 14 nitrogen and oxygen atoms in total. The molecule has 0 aliphatic carbocycles. The summed E-state index contributed by atoms with van der Waals surface area (Å²) in [4.78, 5) is 23.1. The first-order valence-electron chi connectivity index (χ1n) is 17.7. The highest BCUT2D eigenvalue weighted by molar-refractivity contribution is 6.96. The quantitative estimate of drug-likeness (QED) is 0.223. The maximum Gasteiger partial charge on any atom is 0.477 e. The van der Waals surface area contributed by atoms with Crippen molar-refractivity contribution in [1.29, 1.82) is 0 Å². The Hall–Kier alpha value is 1.83. The van der Waals surface area contributed by atoms with Crippen LogP contribution in [0, 0.1) is 0 Å². The third-order valence-corrected chi connectivity index (χ3v) is 56.1. The van der Waals surface area contributed by atoms with Gasteiger partial charge in [0.25, 0.3) is 0 Å². The Bertz CT molecular complexity index is 1050. The minimum Gasteiger partial charge on any atom is -0.416 e. The van der Waals surface area contributed by atoms with Gasteiger partial charge in [0, 0.05) is 26.2 Å². The maximum atomic E-state index is 11.5. The zero-order chi connectivity index (χ0) is 38.2. The van der Waals surface area contributed by atoms with Gasteiger partial charge in [-0.25, -0.2) is 0 Å². The Morgan fingerprint density at radius 1 is 0.367 bits per heavy atom. The molecule has 0 spiro atoms. The fraction of sp³-hybridized carbons (Fsp3) is 1.00. The van der Waals surface area contributed by atoms with E-state index in [-0.39, 0.29) is 0 Å². The van der Waals surface area contributed by atoms with Crippen LogP contribution in [-0.4, -0.2) is 105 Å². The highest BCUT2D eigenvalue weighted by atomic mass is 28.6. The molecule has 10 atom stereocenters. The molecule has 292 valence electrons. The van der Waals surface area contributed by atoms with Crippen molar-refractivity contribution in [2.75, 3.05) is 0 Å². The SMILES string of the molecule is CC[Si]1(C)O[Si](C)(O)O[Si](C)(CC)O[Si](C)(O[Si](C)(C)O[Si]2(C)O[Si](C)(CC)O[Si](C)(O)O[Si](C)(CC)O[Si](C)(CC)O2)O[Si](C)(CC)O1. The normalized spacial score (nSPS) is 48.2. The summed E-state index contributed by atoms with van der Waals surface area (Å²) in [6.07, 6.45) is 0. The highest BCUT2D eigenvalue weighted by Crippen LogP contribution is 2.39. The molecule has 2 fully saturated rings. The van der Waals surface area contributed by atoms with Crippen LogP contribution in [0.2, 0.25) is 115 Å². The van der Waals surface area contributed by atoms with E-state index in [4.69, 9.17) is 49.4 Å². The lowest BCUT2D eigenvalue weighted by atomic mass is 11.0. The number of rotatable bonds is 10. The zero-order valence-electron chi connectivity index (χ0n) is 33.5. The zero-order valence-corrected chi connectivity index (χ0v) is 44.5. The molecule has 2 heterocycles. The average molecular weight is 890 g/mol. The van der Waals surface area contributed by atoms with E-state index in [0.29, 0.717) is 36.3 Å². The molecule has 2 saturated heterocycles. The summed E-state index contributed by atoms with van der Waals surface area (Å²) in [6, 6.07) is 3.53. The van der Waals surface area contributed by atoms with Crippen molar-refractivity contribution >= 4 is 95.1 Å². The summed E-state index contributed by atoms with van der Waals surface area (Å²) in [5, 5.41) is 0. The van der Waals surface area contributed by atoms with E-state index in [0.717, 1.165) is 0 Å². The van der Waals surface area contributed by atoms with E-state index in [2.05, 4.69) is 0 Å². The molecule has 0 aromatic rings. The standard InChI is InChI=1S/C24H68O14Si11/c1-19-40(9)29-42(11,21-3)35-48(17,37-44(13,23-5)33-46(15,25)31-40)27-39(7,8)28-49(18)36-43(12,22-4)30-41(10,20-2)32-47(16,26)34-45(14,24-6)38-49/h25-26H,19-24H2,1-18H3. The lowest BCUT2D eigenvalue weighted by Crippen LogP contribution is -2.71. The molecule has 2 aliphatic rings. The summed E-state index contributed by atoms with van der Waals surface area (Å²) in [7, 11) is -35.9. The lowest BCUT2D eigenvalue weighted by Gasteiger charge is -2.50. The van der Waals surface area contributed by atoms with Crippen LogP contribution in [0.4, 0.5) is 0 Å². The summed E-state index contributed by atoms with van der Waals surface area (Å²) in [5.74, 6) is 0. The minimum atomic E-state index is -3.66. The first-order valence-corrected chi connectivity index (χ1v) is 44.6. The Morgan fingerprint density at radius 2 is 0.551 bits per heavy atom. The van der Waals surface area contributed by atoms with Gasteiger partial charge in [-0.15, -0.1) is 0 Å². The molecule has 2 N–H and O–H groups in total. The van der Waals surface area contributed by atoms with E-state index >= 15 is 0 Å². The topological polar surface area (TPSA) is 151 Å². The van der Waals surface area contributed by atoms with Crippen LogP contribution in [-0.2, 0) is 49.4 Å². The van der Waals surface area contributed by atoms with Gasteiger partial charge in [-0.3, -0.25) is 0 Å². The van der Waals surface area contributed by atoms with Gasteiger partial charge in [-0.05, 0) is 88.6 Å². The summed E-state index contributed by atoms with van der Waals surface area (Å²) >= 11 is 0. The van der Waals surface area contributed by atoms with Crippen molar-refractivity contribution in [3.8, 4) is 0 Å². The third kappa shape index (κ3) is 13.5. The van der Waals surface area contributed by atoms with Crippen LogP contribution in [0.25, 0.3) is 0 Å². The molecule has 0 aromatic heterocycles. The van der Waals surface area contributed by atoms with Crippen molar-refractivity contribution in [3.05, 3.63) is 0 Å². The van der Waals surface area contributed by atoms with E-state index in [1.54, 1.807) is 13.1 Å². The van der Waals surface area contributed by atoms with E-state index in [1.165, 1.54) is 0 Å². The number of hydrogen-bond donors (Lipinski definition) is 2. The van der Waals surface area contributed by atoms with Gasteiger partial charge >= 0.3 is 95.1 Å². The van der Waals surface area contributed by atoms with Gasteiger partial charge in [0.1, 0.15) is 0 Å². The molecule has 0 amide bonds. The predicted molar refractivity (Wildman–Crippen MR) is 214 cm³/mol. The van der Waals surface area contributed by atoms with Crippen LogP contribution >= 0.6 is 0 Å². The molecular formula is C24H68O14Si11. The van der Waals surface area contributed by atoms with Crippen LogP contribution in [0.3, 0.4) is 0 Å². The van der Waals surface area contributed by atoms with Crippen molar-refractivity contribution in [2.24, 2.45) is 0 Å². The predicted octanol–water partition coefficient (Wildman–Crippen LogP) is 6.73. The second-order valence-corrected chi connectivity index (χ2v) is 52.6. The van der Waals surface area contributed by atoms with E-state index in [9.17, 15) is 9.59 Å². The van der Waals surface area contributed by atoms with Gasteiger partial charge in [0.05, 0.1) is 0 Å². The van der Waals surface area contributed by atoms with Gasteiger partial charge in [0.15, 0.2) is 0 Å². The van der Waals surface area contributed by atoms with Crippen molar-refractivity contribution < 1.29 is 59.0 Å². The van der Waals surface area contributed by atoms with Gasteiger partial charge in [0.2, 0.25) is 0 Å². The van der Waals surface area contributed by atoms with Crippen molar-refractivity contribution in [2.45, 2.75) is 156 Å². The Labute approximate surface area is 308 Å². The van der Waals surface area contributed by atoms with Crippen molar-refractivity contribution in [3.63, 3.8) is 0 Å². The molecule has 25 heteroatoms. The smallest absolute Gasteiger partial charge is 0.416 e. The lowest BCUT2D eigenvalue weighted by molar-refractivity contribution is 0.136. The van der Waals surface area contributed by atoms with Crippen LogP contribution in [0.1, 0.15) is 41.5 Å². The van der Waals surface area contributed by atoms with Crippen LogP contribution in [0.15, 0.2) is 0 Å². The molecule has 0 bridgehead atoms. The first kappa shape index (κ1) is 47.0. The maximum absolute atomic E-state index is 11.5. The largest absolute Gasteiger partial charge is 0.477 e. The molecule has 0 radical (unpaired) electrons. The highest BCUT2D eigenvalue weighted by Gasteiger charge is 2.62. The fourth-order valence-corrected chi connectivity index (χ4v) is 61.0. The minimum absolute atomic E-state index is 0.535. The third-order valence-electron chi connectivity index (χ3n) is 8.81. The molecule has 49 heavy (non-hydrogen) atoms.